The van der Waals surface area contributed by atoms with Crippen molar-refractivity contribution in [1.29, 1.82) is 0 Å². The van der Waals surface area contributed by atoms with Crippen molar-refractivity contribution in [2.75, 3.05) is 12.4 Å². The lowest BCUT2D eigenvalue weighted by Crippen LogP contribution is -1.97. The highest BCUT2D eigenvalue weighted by Gasteiger charge is 2.15. The fourth-order valence-corrected chi connectivity index (χ4v) is 1.56. The average molecular weight is 203 g/mol. The standard InChI is InChI=1S/C10H9N3O2/c1-11-10-7-3-2-6-12-8(7)4-5-9(10)13(14)15/h2-6,11H,1H3. The first-order valence-corrected chi connectivity index (χ1v) is 4.44. The van der Waals surface area contributed by atoms with Crippen molar-refractivity contribution in [2.45, 2.75) is 0 Å². The molecule has 1 N–H and O–H groups in total. The van der Waals surface area contributed by atoms with E-state index in [2.05, 4.69) is 10.3 Å². The summed E-state index contributed by atoms with van der Waals surface area (Å²) >= 11 is 0. The molecule has 1 heterocycles. The Morgan fingerprint density at radius 2 is 2.20 bits per heavy atom. The van der Waals surface area contributed by atoms with Crippen LogP contribution in [0.25, 0.3) is 10.9 Å². The summed E-state index contributed by atoms with van der Waals surface area (Å²) in [4.78, 5) is 14.5. The van der Waals surface area contributed by atoms with Crippen LogP contribution in [0.1, 0.15) is 0 Å². The number of nitro benzene ring substituents is 1. The highest BCUT2D eigenvalue weighted by Crippen LogP contribution is 2.31. The molecule has 1 aromatic carbocycles. The van der Waals surface area contributed by atoms with Crippen molar-refractivity contribution in [1.82, 2.24) is 4.98 Å². The molecule has 0 saturated heterocycles. The zero-order valence-corrected chi connectivity index (χ0v) is 8.10. The SMILES string of the molecule is CNc1c([N+](=O)[O-])ccc2ncccc12. The zero-order valence-electron chi connectivity index (χ0n) is 8.10. The Balaban J connectivity index is 2.81. The summed E-state index contributed by atoms with van der Waals surface area (Å²) in [6.07, 6.45) is 1.66. The number of fused-ring (bicyclic) bond motifs is 1. The fourth-order valence-electron chi connectivity index (χ4n) is 1.56. The second-order valence-corrected chi connectivity index (χ2v) is 3.04. The van der Waals surface area contributed by atoms with E-state index in [1.54, 1.807) is 31.4 Å². The average Bonchev–Trinajstić information content (AvgIpc) is 2.27. The van der Waals surface area contributed by atoms with Crippen LogP contribution in [-0.4, -0.2) is 17.0 Å². The van der Waals surface area contributed by atoms with Gasteiger partial charge in [0.15, 0.2) is 0 Å². The number of pyridine rings is 1. The van der Waals surface area contributed by atoms with Crippen molar-refractivity contribution in [3.8, 4) is 0 Å². The second kappa shape index (κ2) is 3.53. The predicted molar refractivity (Wildman–Crippen MR) is 57.9 cm³/mol. The molecule has 0 unspecified atom stereocenters. The normalized spacial score (nSPS) is 10.2. The molecule has 0 aliphatic carbocycles. The van der Waals surface area contributed by atoms with Crippen LogP contribution in [0.4, 0.5) is 11.4 Å². The third kappa shape index (κ3) is 1.48. The zero-order chi connectivity index (χ0) is 10.8. The van der Waals surface area contributed by atoms with E-state index in [0.29, 0.717) is 5.69 Å². The van der Waals surface area contributed by atoms with Crippen LogP contribution in [-0.2, 0) is 0 Å². The van der Waals surface area contributed by atoms with Crippen LogP contribution in [0.15, 0.2) is 30.5 Å². The number of aromatic nitrogens is 1. The minimum absolute atomic E-state index is 0.0676. The summed E-state index contributed by atoms with van der Waals surface area (Å²) in [6, 6.07) is 6.67. The van der Waals surface area contributed by atoms with Crippen LogP contribution in [0, 0.1) is 10.1 Å². The number of benzene rings is 1. The van der Waals surface area contributed by atoms with Crippen LogP contribution in [0.5, 0.6) is 0 Å². The summed E-state index contributed by atoms with van der Waals surface area (Å²) in [7, 11) is 1.66. The molecule has 0 spiro atoms. The number of hydrogen-bond acceptors (Lipinski definition) is 4. The molecule has 5 heteroatoms. The van der Waals surface area contributed by atoms with E-state index in [4.69, 9.17) is 0 Å². The number of anilines is 1. The Morgan fingerprint density at radius 3 is 2.87 bits per heavy atom. The van der Waals surface area contributed by atoms with Crippen LogP contribution < -0.4 is 5.32 Å². The Kier molecular flexibility index (Phi) is 2.21. The molecule has 15 heavy (non-hydrogen) atoms. The molecule has 0 amide bonds. The monoisotopic (exact) mass is 203 g/mol. The maximum atomic E-state index is 10.8. The third-order valence-electron chi connectivity index (χ3n) is 2.21. The van der Waals surface area contributed by atoms with E-state index >= 15 is 0 Å². The number of hydrogen-bond donors (Lipinski definition) is 1. The predicted octanol–water partition coefficient (Wildman–Crippen LogP) is 2.18. The first-order chi connectivity index (χ1) is 7.24. The van der Waals surface area contributed by atoms with Crippen LogP contribution in [0.2, 0.25) is 0 Å². The van der Waals surface area contributed by atoms with E-state index in [9.17, 15) is 10.1 Å². The van der Waals surface area contributed by atoms with Crippen molar-refractivity contribution >= 4 is 22.3 Å². The van der Waals surface area contributed by atoms with E-state index in [0.717, 1.165) is 10.9 Å². The Labute approximate surface area is 85.9 Å². The topological polar surface area (TPSA) is 68.1 Å². The fraction of sp³-hybridized carbons (Fsp3) is 0.100. The summed E-state index contributed by atoms with van der Waals surface area (Å²) in [5.41, 5.74) is 1.32. The van der Waals surface area contributed by atoms with Gasteiger partial charge in [0.1, 0.15) is 5.69 Å². The highest BCUT2D eigenvalue weighted by molar-refractivity contribution is 5.96. The van der Waals surface area contributed by atoms with Gasteiger partial charge in [-0.15, -0.1) is 0 Å². The van der Waals surface area contributed by atoms with Gasteiger partial charge in [-0.1, -0.05) is 0 Å². The number of nitro groups is 1. The molecule has 0 fully saturated rings. The Morgan fingerprint density at radius 1 is 1.40 bits per heavy atom. The van der Waals surface area contributed by atoms with Gasteiger partial charge in [-0.3, -0.25) is 15.1 Å². The quantitative estimate of drug-likeness (QED) is 0.600. The molecular formula is C10H9N3O2. The molecule has 2 rings (SSSR count). The van der Waals surface area contributed by atoms with Crippen molar-refractivity contribution in [3.05, 3.63) is 40.6 Å². The minimum Gasteiger partial charge on any atom is -0.382 e. The molecule has 5 nitrogen and oxygen atoms in total. The molecule has 0 bridgehead atoms. The van der Waals surface area contributed by atoms with Crippen molar-refractivity contribution in [2.24, 2.45) is 0 Å². The number of rotatable bonds is 2. The Hall–Kier alpha value is -2.17. The third-order valence-corrected chi connectivity index (χ3v) is 2.21. The highest BCUT2D eigenvalue weighted by atomic mass is 16.6. The van der Waals surface area contributed by atoms with E-state index in [1.807, 2.05) is 0 Å². The first kappa shape index (κ1) is 9.39. The van der Waals surface area contributed by atoms with E-state index in [1.165, 1.54) is 6.07 Å². The molecule has 76 valence electrons. The van der Waals surface area contributed by atoms with Crippen LogP contribution in [0.3, 0.4) is 0 Å². The maximum absolute atomic E-state index is 10.8. The lowest BCUT2D eigenvalue weighted by molar-refractivity contribution is -0.383. The summed E-state index contributed by atoms with van der Waals surface area (Å²) < 4.78 is 0. The smallest absolute Gasteiger partial charge is 0.293 e. The van der Waals surface area contributed by atoms with Crippen molar-refractivity contribution < 1.29 is 4.92 Å². The second-order valence-electron chi connectivity index (χ2n) is 3.04. The van der Waals surface area contributed by atoms with Crippen LogP contribution >= 0.6 is 0 Å². The van der Waals surface area contributed by atoms with Gasteiger partial charge in [0.25, 0.3) is 5.69 Å². The maximum Gasteiger partial charge on any atom is 0.293 e. The summed E-state index contributed by atoms with van der Waals surface area (Å²) in [5, 5.41) is 14.4. The molecule has 1 aromatic heterocycles. The van der Waals surface area contributed by atoms with Gasteiger partial charge in [-0.25, -0.2) is 0 Å². The van der Waals surface area contributed by atoms with E-state index < -0.39 is 4.92 Å². The molecule has 0 saturated carbocycles. The number of nitrogens with zero attached hydrogens (tertiary/aromatic N) is 2. The minimum atomic E-state index is -0.404. The van der Waals surface area contributed by atoms with Gasteiger partial charge >= 0.3 is 0 Å². The van der Waals surface area contributed by atoms with Gasteiger partial charge in [0.05, 0.1) is 10.4 Å². The molecule has 0 aliphatic rings. The van der Waals surface area contributed by atoms with Gasteiger partial charge in [-0.2, -0.15) is 0 Å². The lowest BCUT2D eigenvalue weighted by Gasteiger charge is -2.05. The molecule has 0 atom stereocenters. The lowest BCUT2D eigenvalue weighted by atomic mass is 10.1. The summed E-state index contributed by atoms with van der Waals surface area (Å²) in [6.45, 7) is 0. The molecule has 2 aromatic rings. The van der Waals surface area contributed by atoms with Crippen molar-refractivity contribution in [3.63, 3.8) is 0 Å². The molecular weight excluding hydrogens is 194 g/mol. The number of nitrogens with one attached hydrogen (secondary N) is 1. The van der Waals surface area contributed by atoms with Gasteiger partial charge in [-0.05, 0) is 18.2 Å². The Bertz CT molecular complexity index is 525. The van der Waals surface area contributed by atoms with E-state index in [-0.39, 0.29) is 5.69 Å². The summed E-state index contributed by atoms with van der Waals surface area (Å²) in [5.74, 6) is 0. The first-order valence-electron chi connectivity index (χ1n) is 4.44. The molecule has 0 radical (unpaired) electrons. The van der Waals surface area contributed by atoms with Gasteiger partial charge in [0, 0.05) is 24.7 Å². The van der Waals surface area contributed by atoms with Gasteiger partial charge in [0.2, 0.25) is 0 Å². The van der Waals surface area contributed by atoms with Gasteiger partial charge < -0.3 is 5.32 Å². The molecule has 0 aliphatic heterocycles. The largest absolute Gasteiger partial charge is 0.382 e.